The van der Waals surface area contributed by atoms with Crippen LogP contribution < -0.4 is 10.9 Å². The van der Waals surface area contributed by atoms with Gasteiger partial charge in [-0.15, -0.1) is 0 Å². The van der Waals surface area contributed by atoms with Gasteiger partial charge in [0.1, 0.15) is 5.82 Å². The van der Waals surface area contributed by atoms with Gasteiger partial charge in [0.2, 0.25) is 11.5 Å². The van der Waals surface area contributed by atoms with Crippen LogP contribution in [-0.2, 0) is 4.79 Å². The van der Waals surface area contributed by atoms with Gasteiger partial charge in [0.25, 0.3) is 5.91 Å². The molecule has 1 atom stereocenters. The monoisotopic (exact) mass is 359 g/mol. The van der Waals surface area contributed by atoms with E-state index in [1.165, 1.54) is 18.2 Å². The molecular weight excluding hydrogens is 337 g/mol. The fourth-order valence-corrected chi connectivity index (χ4v) is 3.27. The number of benzene rings is 1. The van der Waals surface area contributed by atoms with Crippen molar-refractivity contribution in [1.29, 1.82) is 0 Å². The van der Waals surface area contributed by atoms with Crippen LogP contribution in [0.4, 0.5) is 4.39 Å². The van der Waals surface area contributed by atoms with Gasteiger partial charge in [-0.1, -0.05) is 20.8 Å². The lowest BCUT2D eigenvalue weighted by Gasteiger charge is -2.26. The van der Waals surface area contributed by atoms with E-state index in [2.05, 4.69) is 10.3 Å². The van der Waals surface area contributed by atoms with E-state index in [0.717, 1.165) is 6.07 Å². The zero-order valence-electron chi connectivity index (χ0n) is 15.1. The molecule has 0 radical (unpaired) electrons. The van der Waals surface area contributed by atoms with E-state index in [0.29, 0.717) is 24.0 Å². The van der Waals surface area contributed by atoms with Crippen molar-refractivity contribution in [3.8, 4) is 0 Å². The Morgan fingerprint density at radius 2 is 2.04 bits per heavy atom. The molecule has 26 heavy (non-hydrogen) atoms. The Balaban J connectivity index is 1.81. The molecule has 1 fully saturated rings. The number of aromatic nitrogens is 1. The normalized spacial score (nSPS) is 17.8. The van der Waals surface area contributed by atoms with Crippen LogP contribution >= 0.6 is 0 Å². The number of aromatic amines is 1. The Morgan fingerprint density at radius 3 is 2.73 bits per heavy atom. The van der Waals surface area contributed by atoms with Crippen LogP contribution in [0.1, 0.15) is 37.6 Å². The van der Waals surface area contributed by atoms with Crippen LogP contribution in [-0.4, -0.2) is 40.8 Å². The van der Waals surface area contributed by atoms with Gasteiger partial charge >= 0.3 is 0 Å². The maximum Gasteiger partial charge on any atom is 0.252 e. The topological polar surface area (TPSA) is 82.3 Å². The molecule has 2 N–H and O–H groups in total. The van der Waals surface area contributed by atoms with Crippen molar-refractivity contribution in [2.75, 3.05) is 13.1 Å². The number of pyridine rings is 1. The number of hydrogen-bond acceptors (Lipinski definition) is 3. The molecule has 1 aromatic carbocycles. The van der Waals surface area contributed by atoms with Crippen molar-refractivity contribution in [3.63, 3.8) is 0 Å². The number of likely N-dealkylation sites (tertiary alicyclic amines) is 1. The number of H-pyrrole nitrogens is 1. The van der Waals surface area contributed by atoms with Crippen molar-refractivity contribution in [1.82, 2.24) is 15.2 Å². The van der Waals surface area contributed by atoms with Gasteiger partial charge < -0.3 is 15.2 Å². The molecular formula is C19H22FN3O3. The molecule has 6 nitrogen and oxygen atoms in total. The van der Waals surface area contributed by atoms with Gasteiger partial charge in [0, 0.05) is 36.5 Å². The van der Waals surface area contributed by atoms with Crippen LogP contribution in [0.5, 0.6) is 0 Å². The number of fused-ring (bicyclic) bond motifs is 1. The standard InChI is InChI=1S/C19H22FN3O3/c1-19(2,3)10-23-9-12(7-17(23)25)21-18(26)14-8-16(24)22-15-5-4-11(20)6-13(14)15/h4-6,8,12H,7,9-10H2,1-3H3,(H,21,26)(H,22,24)/t12-/m0/s1. The zero-order chi connectivity index (χ0) is 19.1. The summed E-state index contributed by atoms with van der Waals surface area (Å²) in [5.74, 6) is -0.986. The summed E-state index contributed by atoms with van der Waals surface area (Å²) in [5, 5.41) is 3.13. The van der Waals surface area contributed by atoms with Crippen LogP contribution in [0.3, 0.4) is 0 Å². The molecule has 0 unspecified atom stereocenters. The van der Waals surface area contributed by atoms with Gasteiger partial charge in [0.05, 0.1) is 11.6 Å². The molecule has 0 aliphatic carbocycles. The predicted molar refractivity (Wildman–Crippen MR) is 96.4 cm³/mol. The molecule has 0 saturated carbocycles. The number of rotatable bonds is 3. The van der Waals surface area contributed by atoms with E-state index in [9.17, 15) is 18.8 Å². The van der Waals surface area contributed by atoms with Crippen LogP contribution in [0, 0.1) is 11.2 Å². The number of halogens is 1. The molecule has 1 saturated heterocycles. The fraction of sp³-hybridized carbons (Fsp3) is 0.421. The van der Waals surface area contributed by atoms with Crippen LogP contribution in [0.25, 0.3) is 10.9 Å². The fourth-order valence-electron chi connectivity index (χ4n) is 3.27. The van der Waals surface area contributed by atoms with E-state index in [1.54, 1.807) is 4.90 Å². The van der Waals surface area contributed by atoms with Gasteiger partial charge in [0.15, 0.2) is 0 Å². The van der Waals surface area contributed by atoms with Crippen molar-refractivity contribution >= 4 is 22.7 Å². The van der Waals surface area contributed by atoms with Crippen LogP contribution in [0.2, 0.25) is 0 Å². The number of hydrogen-bond donors (Lipinski definition) is 2. The molecule has 3 rings (SSSR count). The highest BCUT2D eigenvalue weighted by Crippen LogP contribution is 2.21. The molecule has 1 aliphatic rings. The zero-order valence-corrected chi connectivity index (χ0v) is 15.1. The van der Waals surface area contributed by atoms with E-state index < -0.39 is 17.3 Å². The molecule has 2 amide bonds. The summed E-state index contributed by atoms with van der Waals surface area (Å²) in [4.78, 5) is 40.9. The second-order valence-corrected chi connectivity index (χ2v) is 7.95. The van der Waals surface area contributed by atoms with Gasteiger partial charge in [-0.2, -0.15) is 0 Å². The number of carbonyl (C=O) groups excluding carboxylic acids is 2. The molecule has 0 spiro atoms. The number of amides is 2. The molecule has 138 valence electrons. The Hall–Kier alpha value is -2.70. The van der Waals surface area contributed by atoms with E-state index in [4.69, 9.17) is 0 Å². The second kappa shape index (κ2) is 6.55. The molecule has 2 heterocycles. The number of nitrogens with one attached hydrogen (secondary N) is 2. The average molecular weight is 359 g/mol. The molecule has 1 aromatic heterocycles. The first-order valence-electron chi connectivity index (χ1n) is 8.54. The summed E-state index contributed by atoms with van der Waals surface area (Å²) in [6.45, 7) is 7.17. The largest absolute Gasteiger partial charge is 0.347 e. The highest BCUT2D eigenvalue weighted by atomic mass is 19.1. The van der Waals surface area contributed by atoms with Crippen molar-refractivity contribution in [2.24, 2.45) is 5.41 Å². The summed E-state index contributed by atoms with van der Waals surface area (Å²) in [6, 6.07) is 4.68. The second-order valence-electron chi connectivity index (χ2n) is 7.95. The van der Waals surface area contributed by atoms with Gasteiger partial charge in [-0.25, -0.2) is 4.39 Å². The van der Waals surface area contributed by atoms with E-state index in [1.807, 2.05) is 20.8 Å². The minimum Gasteiger partial charge on any atom is -0.347 e. The minimum atomic E-state index is -0.494. The summed E-state index contributed by atoms with van der Waals surface area (Å²) in [5.41, 5.74) is 0.0200. The number of nitrogens with zero attached hydrogens (tertiary/aromatic N) is 1. The lowest BCUT2D eigenvalue weighted by Crippen LogP contribution is -2.39. The average Bonchev–Trinajstić information content (AvgIpc) is 2.84. The lowest BCUT2D eigenvalue weighted by molar-refractivity contribution is -0.128. The van der Waals surface area contributed by atoms with E-state index >= 15 is 0 Å². The number of carbonyl (C=O) groups is 2. The Bertz CT molecular complexity index is 930. The Morgan fingerprint density at radius 1 is 1.31 bits per heavy atom. The molecule has 1 aliphatic heterocycles. The SMILES string of the molecule is CC(C)(C)CN1C[C@@H](NC(=O)c2cc(=O)[nH]c3ccc(F)cc23)CC1=O. The third kappa shape index (κ3) is 3.92. The first kappa shape index (κ1) is 18.1. The minimum absolute atomic E-state index is 0.00737. The predicted octanol–water partition coefficient (Wildman–Crippen LogP) is 2.04. The van der Waals surface area contributed by atoms with Crippen molar-refractivity contribution in [2.45, 2.75) is 33.2 Å². The van der Waals surface area contributed by atoms with Crippen LogP contribution in [0.15, 0.2) is 29.1 Å². The summed E-state index contributed by atoms with van der Waals surface area (Å²) in [6.07, 6.45) is 0.220. The maximum atomic E-state index is 13.6. The first-order chi connectivity index (χ1) is 12.1. The van der Waals surface area contributed by atoms with Gasteiger partial charge in [-0.3, -0.25) is 14.4 Å². The summed E-state index contributed by atoms with van der Waals surface area (Å²) in [7, 11) is 0. The Labute approximate surface area is 150 Å². The van der Waals surface area contributed by atoms with Gasteiger partial charge in [-0.05, 0) is 23.6 Å². The smallest absolute Gasteiger partial charge is 0.252 e. The first-order valence-corrected chi connectivity index (χ1v) is 8.54. The van der Waals surface area contributed by atoms with Crippen molar-refractivity contribution < 1.29 is 14.0 Å². The third-order valence-electron chi connectivity index (χ3n) is 4.26. The van der Waals surface area contributed by atoms with Crippen molar-refractivity contribution in [3.05, 3.63) is 46.0 Å². The van der Waals surface area contributed by atoms with E-state index in [-0.39, 0.29) is 29.3 Å². The summed E-state index contributed by atoms with van der Waals surface area (Å²) < 4.78 is 13.6. The molecule has 7 heteroatoms. The lowest BCUT2D eigenvalue weighted by atomic mass is 9.96. The highest BCUT2D eigenvalue weighted by molar-refractivity contribution is 6.06. The summed E-state index contributed by atoms with van der Waals surface area (Å²) >= 11 is 0. The third-order valence-corrected chi connectivity index (χ3v) is 4.26. The highest BCUT2D eigenvalue weighted by Gasteiger charge is 2.33. The molecule has 0 bridgehead atoms. The maximum absolute atomic E-state index is 13.6. The quantitative estimate of drug-likeness (QED) is 0.880. The molecule has 2 aromatic rings. The Kier molecular flexibility index (Phi) is 4.56.